The van der Waals surface area contributed by atoms with Crippen molar-refractivity contribution in [2.24, 2.45) is 0 Å². The Balaban J connectivity index is 1.05. The van der Waals surface area contributed by atoms with Crippen LogP contribution in [-0.4, -0.2) is 84.5 Å². The summed E-state index contributed by atoms with van der Waals surface area (Å²) in [5.41, 5.74) is 3.56. The average Bonchev–Trinajstić information content (AvgIpc) is 3.43. The summed E-state index contributed by atoms with van der Waals surface area (Å²) in [4.78, 5) is 55.7. The predicted octanol–water partition coefficient (Wildman–Crippen LogP) is 11.3. The monoisotopic (exact) mass is 1040 g/mol. The summed E-state index contributed by atoms with van der Waals surface area (Å²) in [5.74, 6) is -2.06. The standard InChI is InChI=1S/C53H38F3N15O2S2/c1-71(2)50-36(26-57)47(65-44(68-50)33-8-6-7-9-38(33)54)63-31-16-20-60-41(24-31)29-11-13-40(56)35(23-29)46-67-49(43(53(72)73-3)52(70-46)75-5)64-32-17-21-61-42(25-32)28-10-12-39(55)34(22-28)45-66-48(37(27-58)51(69-45)74-4)62-30-14-18-59-19-15-30/h6-25H,1-5H3,(H,59,62,66,69)(H,60,63,65,68)(H,61,64,67,70). The van der Waals surface area contributed by atoms with Crippen LogP contribution in [0.3, 0.4) is 0 Å². The largest absolute Gasteiger partial charge is 0.465 e. The van der Waals surface area contributed by atoms with E-state index in [1.807, 2.05) is 0 Å². The number of hydrogen-bond donors (Lipinski definition) is 3. The van der Waals surface area contributed by atoms with Crippen molar-refractivity contribution >= 4 is 69.8 Å². The fourth-order valence-electron chi connectivity index (χ4n) is 7.60. The van der Waals surface area contributed by atoms with Crippen molar-refractivity contribution in [2.45, 2.75) is 10.1 Å². The van der Waals surface area contributed by atoms with Gasteiger partial charge in [-0.2, -0.15) is 10.5 Å². The number of esters is 1. The van der Waals surface area contributed by atoms with E-state index in [9.17, 15) is 19.7 Å². The summed E-state index contributed by atoms with van der Waals surface area (Å²) in [6.07, 6.45) is 9.63. The van der Waals surface area contributed by atoms with Crippen LogP contribution >= 0.6 is 23.5 Å². The second-order valence-corrected chi connectivity index (χ2v) is 17.7. The quantitative estimate of drug-likeness (QED) is 0.0492. The van der Waals surface area contributed by atoms with E-state index < -0.39 is 23.4 Å². The number of carbonyl (C=O) groups excluding carboxylic acids is 1. The van der Waals surface area contributed by atoms with Crippen molar-refractivity contribution in [1.29, 1.82) is 10.5 Å². The van der Waals surface area contributed by atoms with Crippen LogP contribution in [0.25, 0.3) is 56.7 Å². The van der Waals surface area contributed by atoms with Crippen LogP contribution in [0.2, 0.25) is 0 Å². The third-order valence-electron chi connectivity index (χ3n) is 11.2. The number of halogens is 3. The molecular formula is C53H38F3N15O2S2. The number of nitriles is 2. The molecular weight excluding hydrogens is 1000 g/mol. The Labute approximate surface area is 435 Å². The molecule has 0 saturated carbocycles. The Morgan fingerprint density at radius 2 is 1.07 bits per heavy atom. The molecule has 0 fully saturated rings. The van der Waals surface area contributed by atoms with Crippen LogP contribution in [0.15, 0.2) is 132 Å². The van der Waals surface area contributed by atoms with E-state index in [2.05, 4.69) is 68.0 Å². The third-order valence-corrected chi connectivity index (χ3v) is 12.5. The number of rotatable bonds is 15. The molecule has 9 aromatic rings. The van der Waals surface area contributed by atoms with Crippen LogP contribution in [0.5, 0.6) is 0 Å². The molecule has 9 rings (SSSR count). The molecule has 0 saturated heterocycles. The average molecular weight is 1040 g/mol. The molecule has 370 valence electrons. The van der Waals surface area contributed by atoms with Gasteiger partial charge in [0.2, 0.25) is 0 Å². The van der Waals surface area contributed by atoms with Crippen molar-refractivity contribution in [2.75, 3.05) is 54.6 Å². The molecule has 0 spiro atoms. The number of nitrogens with zero attached hydrogens (tertiary/aromatic N) is 12. The number of anilines is 7. The Bertz CT molecular complexity index is 3770. The number of carbonyl (C=O) groups is 1. The molecule has 0 aliphatic rings. The van der Waals surface area contributed by atoms with Crippen molar-refractivity contribution in [3.8, 4) is 68.8 Å². The summed E-state index contributed by atoms with van der Waals surface area (Å²) in [7, 11) is 4.63. The molecule has 0 unspecified atom stereocenters. The molecule has 0 aliphatic heterocycles. The smallest absolute Gasteiger partial charge is 0.344 e. The van der Waals surface area contributed by atoms with E-state index >= 15 is 8.78 Å². The molecule has 0 bridgehead atoms. The van der Waals surface area contributed by atoms with E-state index in [4.69, 9.17) is 9.72 Å². The zero-order chi connectivity index (χ0) is 52.8. The summed E-state index contributed by atoms with van der Waals surface area (Å²) >= 11 is 2.33. The van der Waals surface area contributed by atoms with Gasteiger partial charge in [-0.1, -0.05) is 12.1 Å². The first-order valence-corrected chi connectivity index (χ1v) is 24.7. The van der Waals surface area contributed by atoms with Gasteiger partial charge in [0.25, 0.3) is 0 Å². The number of thioether (sulfide) groups is 2. The number of aromatic nitrogens is 9. The van der Waals surface area contributed by atoms with E-state index in [1.54, 1.807) is 105 Å². The van der Waals surface area contributed by atoms with Crippen molar-refractivity contribution in [3.05, 3.63) is 156 Å². The van der Waals surface area contributed by atoms with Gasteiger partial charge in [0.05, 0.1) is 35.2 Å². The lowest BCUT2D eigenvalue weighted by atomic mass is 10.1. The lowest BCUT2D eigenvalue weighted by Gasteiger charge is -2.18. The van der Waals surface area contributed by atoms with Crippen molar-refractivity contribution in [3.63, 3.8) is 0 Å². The van der Waals surface area contributed by atoms with Gasteiger partial charge in [0.1, 0.15) is 62.2 Å². The lowest BCUT2D eigenvalue weighted by molar-refractivity contribution is 0.0596. The van der Waals surface area contributed by atoms with Gasteiger partial charge in [-0.15, -0.1) is 23.5 Å². The van der Waals surface area contributed by atoms with Crippen LogP contribution in [-0.2, 0) is 4.74 Å². The van der Waals surface area contributed by atoms with Gasteiger partial charge >= 0.3 is 5.97 Å². The third kappa shape index (κ3) is 10.7. The highest BCUT2D eigenvalue weighted by molar-refractivity contribution is 7.98. The van der Waals surface area contributed by atoms with Crippen LogP contribution in [0.1, 0.15) is 21.5 Å². The van der Waals surface area contributed by atoms with Gasteiger partial charge in [-0.25, -0.2) is 47.9 Å². The predicted molar refractivity (Wildman–Crippen MR) is 281 cm³/mol. The molecule has 0 aliphatic carbocycles. The Hall–Kier alpha value is -9.51. The fourth-order valence-corrected chi connectivity index (χ4v) is 8.69. The van der Waals surface area contributed by atoms with E-state index in [1.165, 1.54) is 67.7 Å². The Morgan fingerprint density at radius 1 is 0.573 bits per heavy atom. The van der Waals surface area contributed by atoms with Gasteiger partial charge in [0.15, 0.2) is 34.9 Å². The topological polar surface area (TPSA) is 229 Å². The van der Waals surface area contributed by atoms with E-state index in [-0.39, 0.29) is 79.2 Å². The Kier molecular flexibility index (Phi) is 14.9. The molecule has 6 aromatic heterocycles. The fraction of sp³-hybridized carbons (Fsp3) is 0.0943. The highest BCUT2D eigenvalue weighted by Crippen LogP contribution is 2.37. The number of pyridine rings is 3. The molecule has 0 radical (unpaired) electrons. The van der Waals surface area contributed by atoms with Crippen LogP contribution < -0.4 is 20.9 Å². The highest BCUT2D eigenvalue weighted by atomic mass is 32.2. The Morgan fingerprint density at radius 3 is 1.61 bits per heavy atom. The number of nitrogens with one attached hydrogen (secondary N) is 3. The highest BCUT2D eigenvalue weighted by Gasteiger charge is 2.26. The number of ether oxygens (including phenoxy) is 1. The van der Waals surface area contributed by atoms with Crippen molar-refractivity contribution in [1.82, 2.24) is 44.9 Å². The second kappa shape index (κ2) is 22.1. The number of hydrogen-bond acceptors (Lipinski definition) is 19. The van der Waals surface area contributed by atoms with E-state index in [0.717, 1.165) is 11.8 Å². The summed E-state index contributed by atoms with van der Waals surface area (Å²) in [6, 6.07) is 29.0. The molecule has 3 aromatic carbocycles. The van der Waals surface area contributed by atoms with Crippen LogP contribution in [0.4, 0.5) is 53.5 Å². The lowest BCUT2D eigenvalue weighted by Crippen LogP contribution is -2.15. The number of benzene rings is 3. The van der Waals surface area contributed by atoms with Gasteiger partial charge in [-0.05, 0) is 97.4 Å². The number of methoxy groups -OCH3 is 1. The summed E-state index contributed by atoms with van der Waals surface area (Å²) < 4.78 is 52.0. The van der Waals surface area contributed by atoms with Gasteiger partial charge < -0.3 is 25.6 Å². The minimum Gasteiger partial charge on any atom is -0.465 e. The first-order chi connectivity index (χ1) is 36.4. The minimum absolute atomic E-state index is 0.0166. The molecule has 6 heterocycles. The second-order valence-electron chi connectivity index (χ2n) is 16.1. The molecule has 0 amide bonds. The van der Waals surface area contributed by atoms with Crippen LogP contribution in [0, 0.1) is 40.1 Å². The maximum Gasteiger partial charge on any atom is 0.344 e. The first-order valence-electron chi connectivity index (χ1n) is 22.3. The molecule has 0 atom stereocenters. The summed E-state index contributed by atoms with van der Waals surface area (Å²) in [5, 5.41) is 30.2. The SMILES string of the molecule is COC(=O)c1c(Nc2ccnc(-c3ccc(F)c(-c4nc(Nc5ccncc5)c(C#N)c(SC)n4)c3)c2)nc(-c2cc(-c3cc(Nc4nc(-c5ccccc5F)nc(N(C)C)c4C#N)ccn3)ccc2F)nc1SC. The normalized spacial score (nSPS) is 10.8. The zero-order valence-corrected chi connectivity index (χ0v) is 41.8. The summed E-state index contributed by atoms with van der Waals surface area (Å²) in [6.45, 7) is 0. The van der Waals surface area contributed by atoms with Crippen molar-refractivity contribution < 1.29 is 22.7 Å². The van der Waals surface area contributed by atoms with E-state index in [0.29, 0.717) is 44.6 Å². The zero-order valence-electron chi connectivity index (χ0n) is 40.2. The first kappa shape index (κ1) is 50.4. The minimum atomic E-state index is -0.764. The molecule has 3 N–H and O–H groups in total. The maximum atomic E-state index is 16.1. The molecule has 75 heavy (non-hydrogen) atoms. The maximum absolute atomic E-state index is 16.1. The molecule has 22 heteroatoms. The van der Waals surface area contributed by atoms with Gasteiger partial charge in [-0.3, -0.25) is 15.0 Å². The van der Waals surface area contributed by atoms with Gasteiger partial charge in [0, 0.05) is 67.1 Å². The molecule has 17 nitrogen and oxygen atoms in total.